The molecule has 0 aliphatic rings. The molecule has 1 atom stereocenters. The van der Waals surface area contributed by atoms with Crippen LogP contribution in [0.2, 0.25) is 0 Å². The zero-order valence-corrected chi connectivity index (χ0v) is 12.1. The van der Waals surface area contributed by atoms with Crippen LogP contribution in [0.15, 0.2) is 18.2 Å². The van der Waals surface area contributed by atoms with Crippen molar-refractivity contribution < 1.29 is 9.53 Å². The van der Waals surface area contributed by atoms with Gasteiger partial charge in [0.2, 0.25) is 0 Å². The molecule has 2 aromatic rings. The number of alkyl halides is 1. The van der Waals surface area contributed by atoms with E-state index in [-0.39, 0.29) is 17.9 Å². The fourth-order valence-corrected chi connectivity index (χ4v) is 2.23. The summed E-state index contributed by atoms with van der Waals surface area (Å²) in [5, 5.41) is -0.262. The Morgan fingerprint density at radius 3 is 2.89 bits per heavy atom. The number of imidazole rings is 1. The maximum Gasteiger partial charge on any atom is 0.326 e. The molecule has 5 heteroatoms. The first kappa shape index (κ1) is 13.9. The van der Waals surface area contributed by atoms with Gasteiger partial charge in [0.15, 0.2) is 0 Å². The number of halogens is 1. The number of aromatic nitrogens is 2. The van der Waals surface area contributed by atoms with Gasteiger partial charge in [0, 0.05) is 0 Å². The first-order chi connectivity index (χ1) is 9.02. The maximum absolute atomic E-state index is 11.7. The highest BCUT2D eigenvalue weighted by Crippen LogP contribution is 2.25. The van der Waals surface area contributed by atoms with Crippen LogP contribution in [0, 0.1) is 6.92 Å². The number of fused-ring (bicyclic) bond motifs is 1. The molecule has 1 unspecified atom stereocenters. The summed E-state index contributed by atoms with van der Waals surface area (Å²) in [4.78, 5) is 16.2. The van der Waals surface area contributed by atoms with Gasteiger partial charge in [0.1, 0.15) is 12.4 Å². The molecule has 0 bridgehead atoms. The Balaban J connectivity index is 2.49. The second-order valence-corrected chi connectivity index (χ2v) is 5.12. The molecule has 0 spiro atoms. The van der Waals surface area contributed by atoms with Crippen LogP contribution >= 0.6 is 11.6 Å². The van der Waals surface area contributed by atoms with Crippen LogP contribution in [0.25, 0.3) is 11.0 Å². The normalized spacial score (nSPS) is 12.6. The van der Waals surface area contributed by atoms with Crippen molar-refractivity contribution in [2.24, 2.45) is 0 Å². The van der Waals surface area contributed by atoms with Gasteiger partial charge in [0.05, 0.1) is 23.0 Å². The molecule has 1 aromatic heterocycles. The third-order valence-corrected chi connectivity index (χ3v) is 3.08. The number of carbonyl (C=O) groups is 1. The standard InChI is InChI=1S/C14H17ClN2O2/c1-4-19-13(18)8-17-12-6-5-9(2)7-11(12)16-14(17)10(3)15/h5-7,10H,4,8H2,1-3H3. The van der Waals surface area contributed by atoms with E-state index in [4.69, 9.17) is 16.3 Å². The van der Waals surface area contributed by atoms with Gasteiger partial charge in [-0.05, 0) is 38.5 Å². The number of rotatable bonds is 4. The van der Waals surface area contributed by atoms with Gasteiger partial charge >= 0.3 is 5.97 Å². The Labute approximate surface area is 117 Å². The number of ether oxygens (including phenoxy) is 1. The molecule has 0 saturated carbocycles. The monoisotopic (exact) mass is 280 g/mol. The predicted octanol–water partition coefficient (Wildman–Crippen LogP) is 3.21. The van der Waals surface area contributed by atoms with Crippen molar-refractivity contribution in [1.82, 2.24) is 9.55 Å². The summed E-state index contributed by atoms with van der Waals surface area (Å²) in [5.74, 6) is 0.413. The Hall–Kier alpha value is -1.55. The third kappa shape index (κ3) is 2.89. The first-order valence-corrected chi connectivity index (χ1v) is 6.73. The Bertz CT molecular complexity index is 605. The number of esters is 1. The lowest BCUT2D eigenvalue weighted by Gasteiger charge is -2.09. The van der Waals surface area contributed by atoms with E-state index in [0.29, 0.717) is 12.4 Å². The van der Waals surface area contributed by atoms with Gasteiger partial charge in [0.25, 0.3) is 0 Å². The molecule has 1 heterocycles. The van der Waals surface area contributed by atoms with Crippen molar-refractivity contribution in [3.8, 4) is 0 Å². The Kier molecular flexibility index (Phi) is 4.10. The smallest absolute Gasteiger partial charge is 0.326 e. The van der Waals surface area contributed by atoms with Crippen molar-refractivity contribution >= 4 is 28.6 Å². The van der Waals surface area contributed by atoms with Gasteiger partial charge in [-0.3, -0.25) is 4.79 Å². The number of hydrogen-bond donors (Lipinski definition) is 0. The van der Waals surface area contributed by atoms with Crippen LogP contribution in [0.3, 0.4) is 0 Å². The summed E-state index contributed by atoms with van der Waals surface area (Å²) in [6.45, 7) is 6.15. The molecular formula is C14H17ClN2O2. The molecular weight excluding hydrogens is 264 g/mol. The van der Waals surface area contributed by atoms with Crippen molar-refractivity contribution in [2.45, 2.75) is 32.7 Å². The van der Waals surface area contributed by atoms with Gasteiger partial charge in [-0.15, -0.1) is 11.6 Å². The molecule has 2 rings (SSSR count). The molecule has 0 fully saturated rings. The van der Waals surface area contributed by atoms with E-state index in [1.165, 1.54) is 0 Å². The lowest BCUT2D eigenvalue weighted by molar-refractivity contribution is -0.143. The van der Waals surface area contributed by atoms with Gasteiger partial charge < -0.3 is 9.30 Å². The number of nitrogens with zero attached hydrogens (tertiary/aromatic N) is 2. The minimum absolute atomic E-state index is 0.139. The van der Waals surface area contributed by atoms with E-state index in [0.717, 1.165) is 16.6 Å². The maximum atomic E-state index is 11.7. The summed E-state index contributed by atoms with van der Waals surface area (Å²) in [6, 6.07) is 5.94. The van der Waals surface area contributed by atoms with Crippen LogP contribution in [0.4, 0.5) is 0 Å². The van der Waals surface area contributed by atoms with E-state index < -0.39 is 0 Å². The number of aryl methyl sites for hydroxylation is 1. The van der Waals surface area contributed by atoms with Gasteiger partial charge in [-0.25, -0.2) is 4.98 Å². The van der Waals surface area contributed by atoms with Crippen molar-refractivity contribution in [3.05, 3.63) is 29.6 Å². The second kappa shape index (κ2) is 5.61. The zero-order chi connectivity index (χ0) is 14.0. The highest BCUT2D eigenvalue weighted by atomic mass is 35.5. The summed E-state index contributed by atoms with van der Waals surface area (Å²) >= 11 is 6.14. The molecule has 4 nitrogen and oxygen atoms in total. The highest BCUT2D eigenvalue weighted by molar-refractivity contribution is 6.20. The van der Waals surface area contributed by atoms with Crippen LogP contribution in [0.5, 0.6) is 0 Å². The van der Waals surface area contributed by atoms with Crippen molar-refractivity contribution in [1.29, 1.82) is 0 Å². The van der Waals surface area contributed by atoms with E-state index >= 15 is 0 Å². The largest absolute Gasteiger partial charge is 0.465 e. The predicted molar refractivity (Wildman–Crippen MR) is 75.4 cm³/mol. The second-order valence-electron chi connectivity index (χ2n) is 4.47. The molecule has 0 radical (unpaired) electrons. The third-order valence-electron chi connectivity index (χ3n) is 2.88. The fraction of sp³-hybridized carbons (Fsp3) is 0.429. The average molecular weight is 281 g/mol. The SMILES string of the molecule is CCOC(=O)Cn1c(C(C)Cl)nc2cc(C)ccc21. The number of hydrogen-bond acceptors (Lipinski definition) is 3. The molecule has 0 aliphatic heterocycles. The topological polar surface area (TPSA) is 44.1 Å². The van der Waals surface area contributed by atoms with E-state index in [1.54, 1.807) is 6.92 Å². The fourth-order valence-electron chi connectivity index (χ4n) is 2.06. The summed E-state index contributed by atoms with van der Waals surface area (Å²) in [6.07, 6.45) is 0. The van der Waals surface area contributed by atoms with E-state index in [2.05, 4.69) is 4.98 Å². The summed E-state index contributed by atoms with van der Waals surface area (Å²) < 4.78 is 6.82. The molecule has 0 N–H and O–H groups in total. The van der Waals surface area contributed by atoms with Crippen LogP contribution in [-0.2, 0) is 16.1 Å². The quantitative estimate of drug-likeness (QED) is 0.638. The Morgan fingerprint density at radius 1 is 1.53 bits per heavy atom. The minimum atomic E-state index is -0.277. The summed E-state index contributed by atoms with van der Waals surface area (Å²) in [7, 11) is 0. The lowest BCUT2D eigenvalue weighted by Crippen LogP contribution is -2.15. The average Bonchev–Trinajstić information content (AvgIpc) is 2.67. The lowest BCUT2D eigenvalue weighted by atomic mass is 10.2. The Morgan fingerprint density at radius 2 is 2.26 bits per heavy atom. The number of carbonyl (C=O) groups excluding carboxylic acids is 1. The van der Waals surface area contributed by atoms with Gasteiger partial charge in [-0.2, -0.15) is 0 Å². The summed E-state index contributed by atoms with van der Waals surface area (Å²) in [5.41, 5.74) is 2.88. The molecule has 0 amide bonds. The molecule has 102 valence electrons. The highest BCUT2D eigenvalue weighted by Gasteiger charge is 2.17. The van der Waals surface area contributed by atoms with Crippen molar-refractivity contribution in [2.75, 3.05) is 6.61 Å². The zero-order valence-electron chi connectivity index (χ0n) is 11.3. The van der Waals surface area contributed by atoms with Crippen LogP contribution in [-0.4, -0.2) is 22.1 Å². The molecule has 0 aliphatic carbocycles. The van der Waals surface area contributed by atoms with Crippen LogP contribution < -0.4 is 0 Å². The van der Waals surface area contributed by atoms with E-state index in [9.17, 15) is 4.79 Å². The minimum Gasteiger partial charge on any atom is -0.465 e. The van der Waals surface area contributed by atoms with E-state index in [1.807, 2.05) is 36.6 Å². The first-order valence-electron chi connectivity index (χ1n) is 6.29. The van der Waals surface area contributed by atoms with Crippen molar-refractivity contribution in [3.63, 3.8) is 0 Å². The number of benzene rings is 1. The van der Waals surface area contributed by atoms with Crippen LogP contribution in [0.1, 0.15) is 30.6 Å². The van der Waals surface area contributed by atoms with Gasteiger partial charge in [-0.1, -0.05) is 6.07 Å². The molecule has 19 heavy (non-hydrogen) atoms. The molecule has 0 saturated heterocycles. The molecule has 1 aromatic carbocycles.